The normalized spacial score (nSPS) is 12.6. The zero-order valence-corrected chi connectivity index (χ0v) is 25.2. The Morgan fingerprint density at radius 1 is 0.976 bits per heavy atom. The summed E-state index contributed by atoms with van der Waals surface area (Å²) in [6.07, 6.45) is -3.94. The molecular weight excluding hydrogens is 591 g/mol. The van der Waals surface area contributed by atoms with Gasteiger partial charge in [-0.1, -0.05) is 66.2 Å². The number of rotatable bonds is 11. The van der Waals surface area contributed by atoms with Gasteiger partial charge in [0.2, 0.25) is 21.8 Å². The lowest BCUT2D eigenvalue weighted by molar-refractivity contribution is -0.140. The SMILES string of the molecule is Cc1ccccc1CN(C(=O)CN(c1ccc(Cl)c(C(F)(F)F)c1)S(C)(=O)=O)C(Cc1ccccc1)C(=O)NC(C)C. The van der Waals surface area contributed by atoms with Gasteiger partial charge in [0.15, 0.2) is 0 Å². The summed E-state index contributed by atoms with van der Waals surface area (Å²) in [6, 6.07) is 17.6. The van der Waals surface area contributed by atoms with Gasteiger partial charge in [0, 0.05) is 19.0 Å². The van der Waals surface area contributed by atoms with E-state index in [0.29, 0.717) is 10.4 Å². The van der Waals surface area contributed by atoms with Crippen LogP contribution in [0.3, 0.4) is 0 Å². The van der Waals surface area contributed by atoms with Crippen molar-refractivity contribution in [2.75, 3.05) is 17.1 Å². The number of nitrogens with zero attached hydrogens (tertiary/aromatic N) is 2. The lowest BCUT2D eigenvalue weighted by atomic mass is 10.0. The summed E-state index contributed by atoms with van der Waals surface area (Å²) in [5.41, 5.74) is 0.697. The first kappa shape index (κ1) is 32.9. The number of hydrogen-bond donors (Lipinski definition) is 1. The van der Waals surface area contributed by atoms with Gasteiger partial charge >= 0.3 is 6.18 Å². The van der Waals surface area contributed by atoms with Crippen LogP contribution in [0, 0.1) is 6.92 Å². The Morgan fingerprint density at radius 3 is 2.17 bits per heavy atom. The topological polar surface area (TPSA) is 86.8 Å². The molecule has 0 saturated carbocycles. The molecule has 3 rings (SSSR count). The van der Waals surface area contributed by atoms with E-state index in [0.717, 1.165) is 35.1 Å². The number of alkyl halides is 3. The van der Waals surface area contributed by atoms with Crippen LogP contribution in [0.5, 0.6) is 0 Å². The number of benzene rings is 3. The number of hydrogen-bond acceptors (Lipinski definition) is 4. The summed E-state index contributed by atoms with van der Waals surface area (Å²) in [5.74, 6) is -1.22. The lowest BCUT2D eigenvalue weighted by Gasteiger charge is -2.34. The summed E-state index contributed by atoms with van der Waals surface area (Å²) in [5, 5.41) is 2.23. The average Bonchev–Trinajstić information content (AvgIpc) is 2.89. The zero-order valence-electron chi connectivity index (χ0n) is 23.7. The first-order chi connectivity index (χ1) is 19.6. The zero-order chi connectivity index (χ0) is 31.2. The number of halogens is 4. The van der Waals surface area contributed by atoms with E-state index in [9.17, 15) is 31.2 Å². The fraction of sp³-hybridized carbons (Fsp3) is 0.333. The first-order valence-electron chi connectivity index (χ1n) is 13.1. The fourth-order valence-electron chi connectivity index (χ4n) is 4.41. The Bertz CT molecular complexity index is 1520. The van der Waals surface area contributed by atoms with Gasteiger partial charge in [0.25, 0.3) is 0 Å². The molecule has 42 heavy (non-hydrogen) atoms. The number of carbonyl (C=O) groups is 2. The van der Waals surface area contributed by atoms with Crippen LogP contribution in [0.1, 0.15) is 36.1 Å². The Labute approximate surface area is 249 Å². The summed E-state index contributed by atoms with van der Waals surface area (Å²) >= 11 is 5.75. The van der Waals surface area contributed by atoms with E-state index in [4.69, 9.17) is 11.6 Å². The molecule has 0 fully saturated rings. The van der Waals surface area contributed by atoms with Crippen LogP contribution in [0.15, 0.2) is 72.8 Å². The van der Waals surface area contributed by atoms with Crippen molar-refractivity contribution in [3.05, 3.63) is 100 Å². The molecule has 0 aromatic heterocycles. The minimum Gasteiger partial charge on any atom is -0.352 e. The van der Waals surface area contributed by atoms with Crippen LogP contribution in [0.2, 0.25) is 5.02 Å². The van der Waals surface area contributed by atoms with Crippen LogP contribution in [0.4, 0.5) is 18.9 Å². The number of aryl methyl sites for hydroxylation is 1. The van der Waals surface area contributed by atoms with Crippen molar-refractivity contribution in [1.82, 2.24) is 10.2 Å². The van der Waals surface area contributed by atoms with Crippen molar-refractivity contribution >= 4 is 39.1 Å². The van der Waals surface area contributed by atoms with Crippen molar-refractivity contribution in [2.24, 2.45) is 0 Å². The fourth-order valence-corrected chi connectivity index (χ4v) is 5.47. The van der Waals surface area contributed by atoms with Gasteiger partial charge in [-0.25, -0.2) is 8.42 Å². The van der Waals surface area contributed by atoms with E-state index in [1.807, 2.05) is 25.1 Å². The molecule has 1 N–H and O–H groups in total. The molecule has 3 aromatic rings. The van der Waals surface area contributed by atoms with E-state index in [-0.39, 0.29) is 24.7 Å². The van der Waals surface area contributed by atoms with E-state index < -0.39 is 51.2 Å². The third kappa shape index (κ3) is 8.72. The predicted molar refractivity (Wildman–Crippen MR) is 158 cm³/mol. The third-order valence-corrected chi connectivity index (χ3v) is 8.00. The summed E-state index contributed by atoms with van der Waals surface area (Å²) < 4.78 is 67.1. The quantitative estimate of drug-likeness (QED) is 0.301. The molecule has 12 heteroatoms. The predicted octanol–water partition coefficient (Wildman–Crippen LogP) is 5.60. The van der Waals surface area contributed by atoms with Crippen molar-refractivity contribution in [2.45, 2.75) is 52.0 Å². The van der Waals surface area contributed by atoms with Gasteiger partial charge in [0.1, 0.15) is 12.6 Å². The highest BCUT2D eigenvalue weighted by molar-refractivity contribution is 7.92. The highest BCUT2D eigenvalue weighted by atomic mass is 35.5. The number of sulfonamides is 1. The van der Waals surface area contributed by atoms with Crippen LogP contribution in [0.25, 0.3) is 0 Å². The van der Waals surface area contributed by atoms with Gasteiger partial charge in [-0.2, -0.15) is 13.2 Å². The molecule has 0 heterocycles. The molecule has 0 aliphatic carbocycles. The molecule has 1 unspecified atom stereocenters. The molecule has 226 valence electrons. The highest BCUT2D eigenvalue weighted by Gasteiger charge is 2.36. The molecule has 0 aliphatic heterocycles. The molecule has 0 saturated heterocycles. The number of nitrogens with one attached hydrogen (secondary N) is 1. The van der Waals surface area contributed by atoms with Gasteiger partial charge in [-0.3, -0.25) is 13.9 Å². The van der Waals surface area contributed by atoms with E-state index in [1.54, 1.807) is 50.2 Å². The van der Waals surface area contributed by atoms with Gasteiger partial charge in [-0.15, -0.1) is 0 Å². The summed E-state index contributed by atoms with van der Waals surface area (Å²) in [4.78, 5) is 28.9. The second kappa shape index (κ2) is 13.6. The second-order valence-corrected chi connectivity index (χ2v) is 12.6. The van der Waals surface area contributed by atoms with Gasteiger partial charge in [-0.05, 0) is 55.7 Å². The molecule has 0 bridgehead atoms. The Kier molecular flexibility index (Phi) is 10.7. The molecule has 0 spiro atoms. The van der Waals surface area contributed by atoms with E-state index in [2.05, 4.69) is 5.32 Å². The lowest BCUT2D eigenvalue weighted by Crippen LogP contribution is -2.54. The third-order valence-electron chi connectivity index (χ3n) is 6.53. The molecule has 2 amide bonds. The number of amides is 2. The van der Waals surface area contributed by atoms with Crippen molar-refractivity contribution in [3.8, 4) is 0 Å². The standard InChI is InChI=1S/C30H33ClF3N3O4S/c1-20(2)35-29(39)27(16-22-11-6-5-7-12-22)36(18-23-13-9-8-10-21(23)3)28(38)19-37(42(4,40)41)24-14-15-26(31)25(17-24)30(32,33)34/h5-15,17,20,27H,16,18-19H2,1-4H3,(H,35,39). The Hall–Kier alpha value is -3.57. The monoisotopic (exact) mass is 623 g/mol. The average molecular weight is 624 g/mol. The van der Waals surface area contributed by atoms with Gasteiger partial charge in [0.05, 0.1) is 22.5 Å². The minimum absolute atomic E-state index is 0.0411. The maximum absolute atomic E-state index is 14.1. The molecule has 3 aromatic carbocycles. The van der Waals surface area contributed by atoms with Crippen molar-refractivity contribution < 1.29 is 31.2 Å². The highest BCUT2D eigenvalue weighted by Crippen LogP contribution is 2.37. The number of carbonyl (C=O) groups excluding carboxylic acids is 2. The van der Waals surface area contributed by atoms with Crippen LogP contribution in [-0.4, -0.2) is 50.0 Å². The summed E-state index contributed by atoms with van der Waals surface area (Å²) in [6.45, 7) is 4.50. The Balaban J connectivity index is 2.11. The molecule has 0 radical (unpaired) electrons. The Morgan fingerprint density at radius 2 is 1.60 bits per heavy atom. The van der Waals surface area contributed by atoms with Crippen LogP contribution < -0.4 is 9.62 Å². The minimum atomic E-state index is -4.85. The number of anilines is 1. The van der Waals surface area contributed by atoms with Crippen molar-refractivity contribution in [3.63, 3.8) is 0 Å². The summed E-state index contributed by atoms with van der Waals surface area (Å²) in [7, 11) is -4.25. The van der Waals surface area contributed by atoms with Crippen molar-refractivity contribution in [1.29, 1.82) is 0 Å². The van der Waals surface area contributed by atoms with Crippen LogP contribution in [-0.2, 0) is 38.8 Å². The second-order valence-electron chi connectivity index (χ2n) is 10.2. The van der Waals surface area contributed by atoms with E-state index in [1.165, 1.54) is 4.90 Å². The largest absolute Gasteiger partial charge is 0.417 e. The molecule has 1 atom stereocenters. The molecule has 7 nitrogen and oxygen atoms in total. The molecular formula is C30H33ClF3N3O4S. The van der Waals surface area contributed by atoms with Gasteiger partial charge < -0.3 is 10.2 Å². The van der Waals surface area contributed by atoms with Crippen LogP contribution >= 0.6 is 11.6 Å². The van der Waals surface area contributed by atoms with E-state index >= 15 is 0 Å². The smallest absolute Gasteiger partial charge is 0.352 e. The first-order valence-corrected chi connectivity index (χ1v) is 15.3. The molecule has 0 aliphatic rings. The maximum Gasteiger partial charge on any atom is 0.417 e. The maximum atomic E-state index is 14.1.